The molecule has 1 saturated carbocycles. The van der Waals surface area contributed by atoms with E-state index in [0.29, 0.717) is 48.0 Å². The normalized spacial score (nSPS) is 16.2. The summed E-state index contributed by atoms with van der Waals surface area (Å²) in [5.41, 5.74) is 2.94. The summed E-state index contributed by atoms with van der Waals surface area (Å²) in [7, 11) is 3.19. The minimum atomic E-state index is -0.289. The lowest BCUT2D eigenvalue weighted by Crippen LogP contribution is -2.58. The zero-order chi connectivity index (χ0) is 25.6. The van der Waals surface area contributed by atoms with Crippen LogP contribution in [0.2, 0.25) is 0 Å². The van der Waals surface area contributed by atoms with Crippen LogP contribution < -0.4 is 9.47 Å². The average molecular weight is 498 g/mol. The number of piperazine rings is 1. The first kappa shape index (κ1) is 23.0. The van der Waals surface area contributed by atoms with Gasteiger partial charge in [-0.2, -0.15) is 5.10 Å². The Bertz CT molecular complexity index is 1500. The lowest BCUT2D eigenvalue weighted by Gasteiger charge is -2.42. The van der Waals surface area contributed by atoms with Crippen LogP contribution in [0.25, 0.3) is 16.9 Å². The van der Waals surface area contributed by atoms with E-state index >= 15 is 0 Å². The van der Waals surface area contributed by atoms with Gasteiger partial charge in [-0.25, -0.2) is 9.50 Å². The molecule has 9 heteroatoms. The maximum atomic E-state index is 13.5. The lowest BCUT2D eigenvalue weighted by atomic mass is 10.1. The second-order valence-corrected chi connectivity index (χ2v) is 9.47. The molecule has 1 aliphatic carbocycles. The van der Waals surface area contributed by atoms with E-state index in [9.17, 15) is 9.59 Å². The van der Waals surface area contributed by atoms with Crippen molar-refractivity contribution >= 4 is 17.5 Å². The van der Waals surface area contributed by atoms with Crippen molar-refractivity contribution in [3.63, 3.8) is 0 Å². The second-order valence-electron chi connectivity index (χ2n) is 9.47. The number of amides is 2. The Kier molecular flexibility index (Phi) is 5.55. The van der Waals surface area contributed by atoms with Crippen molar-refractivity contribution in [2.24, 2.45) is 0 Å². The van der Waals surface area contributed by atoms with E-state index in [0.717, 1.165) is 24.1 Å². The van der Waals surface area contributed by atoms with Crippen LogP contribution in [0.15, 0.2) is 66.9 Å². The molecule has 0 bridgehead atoms. The zero-order valence-electron chi connectivity index (χ0n) is 20.8. The van der Waals surface area contributed by atoms with Crippen LogP contribution in [0.5, 0.6) is 11.5 Å². The van der Waals surface area contributed by atoms with Gasteiger partial charge in [0.25, 0.3) is 11.8 Å². The molecule has 0 atom stereocenters. The topological polar surface area (TPSA) is 89.3 Å². The van der Waals surface area contributed by atoms with E-state index in [1.54, 1.807) is 31.0 Å². The molecule has 1 aliphatic heterocycles. The third-order valence-electron chi connectivity index (χ3n) is 7.29. The van der Waals surface area contributed by atoms with Crippen molar-refractivity contribution < 1.29 is 19.1 Å². The standard InChI is InChI=1S/C28H27N5O4/c1-36-23-9-8-20(16-24(23)37-2)22-10-13-29-25-17-21(30-33(22)25)27(35)31-14-15-32(28(18-31)11-12-28)26(34)19-6-4-3-5-7-19/h3-10,13,16-17H,11-12,14-15,18H2,1-2H3. The molecule has 2 aromatic carbocycles. The number of hydrogen-bond donors (Lipinski definition) is 0. The summed E-state index contributed by atoms with van der Waals surface area (Å²) >= 11 is 0. The highest BCUT2D eigenvalue weighted by Crippen LogP contribution is 2.45. The molecule has 0 unspecified atom stereocenters. The number of carbonyl (C=O) groups excluding carboxylic acids is 2. The van der Waals surface area contributed by atoms with Crippen molar-refractivity contribution in [2.45, 2.75) is 18.4 Å². The Labute approximate surface area is 214 Å². The molecule has 4 aromatic rings. The highest BCUT2D eigenvalue weighted by Gasteiger charge is 2.54. The average Bonchev–Trinajstić information content (AvgIpc) is 3.56. The third kappa shape index (κ3) is 3.96. The maximum absolute atomic E-state index is 13.5. The predicted octanol–water partition coefficient (Wildman–Crippen LogP) is 3.54. The summed E-state index contributed by atoms with van der Waals surface area (Å²) in [4.78, 5) is 34.9. The molecule has 6 rings (SSSR count). The summed E-state index contributed by atoms with van der Waals surface area (Å²) in [6.45, 7) is 1.47. The molecule has 2 aromatic heterocycles. The minimum Gasteiger partial charge on any atom is -0.493 e. The van der Waals surface area contributed by atoms with E-state index in [2.05, 4.69) is 10.1 Å². The van der Waals surface area contributed by atoms with Gasteiger partial charge in [0.15, 0.2) is 22.8 Å². The number of aromatic nitrogens is 3. The van der Waals surface area contributed by atoms with E-state index in [1.807, 2.05) is 64.4 Å². The van der Waals surface area contributed by atoms with Crippen LogP contribution in [-0.2, 0) is 0 Å². The monoisotopic (exact) mass is 497 g/mol. The first-order valence-corrected chi connectivity index (χ1v) is 12.3. The van der Waals surface area contributed by atoms with Crippen molar-refractivity contribution in [3.05, 3.63) is 78.1 Å². The van der Waals surface area contributed by atoms with Gasteiger partial charge >= 0.3 is 0 Å². The van der Waals surface area contributed by atoms with Crippen molar-refractivity contribution in [1.29, 1.82) is 0 Å². The maximum Gasteiger partial charge on any atom is 0.274 e. The number of methoxy groups -OCH3 is 2. The minimum absolute atomic E-state index is 0.0293. The quantitative estimate of drug-likeness (QED) is 0.419. The molecule has 2 aliphatic rings. The number of nitrogens with zero attached hydrogens (tertiary/aromatic N) is 5. The number of ether oxygens (including phenoxy) is 2. The fourth-order valence-corrected chi connectivity index (χ4v) is 5.15. The summed E-state index contributed by atoms with van der Waals surface area (Å²) in [5, 5.41) is 4.64. The number of rotatable bonds is 5. The number of benzene rings is 2. The van der Waals surface area contributed by atoms with Crippen LogP contribution in [0.3, 0.4) is 0 Å². The smallest absolute Gasteiger partial charge is 0.274 e. The molecule has 0 radical (unpaired) electrons. The highest BCUT2D eigenvalue weighted by molar-refractivity contribution is 5.96. The Morgan fingerprint density at radius 2 is 1.68 bits per heavy atom. The van der Waals surface area contributed by atoms with E-state index in [-0.39, 0.29) is 17.4 Å². The summed E-state index contributed by atoms with van der Waals surface area (Å²) in [6.07, 6.45) is 3.49. The molecular formula is C28H27N5O4. The first-order valence-electron chi connectivity index (χ1n) is 12.3. The van der Waals surface area contributed by atoms with Gasteiger partial charge in [-0.15, -0.1) is 0 Å². The van der Waals surface area contributed by atoms with E-state index in [4.69, 9.17) is 9.47 Å². The van der Waals surface area contributed by atoms with Gasteiger partial charge < -0.3 is 19.3 Å². The number of hydrogen-bond acceptors (Lipinski definition) is 6. The molecule has 1 spiro atoms. The number of carbonyl (C=O) groups is 2. The summed E-state index contributed by atoms with van der Waals surface area (Å²) in [5.74, 6) is 1.11. The Balaban J connectivity index is 1.26. The first-order chi connectivity index (χ1) is 18.0. The van der Waals surface area contributed by atoms with E-state index in [1.165, 1.54) is 0 Å². The van der Waals surface area contributed by atoms with Gasteiger partial charge in [-0.3, -0.25) is 9.59 Å². The predicted molar refractivity (Wildman–Crippen MR) is 137 cm³/mol. The largest absolute Gasteiger partial charge is 0.493 e. The zero-order valence-corrected chi connectivity index (χ0v) is 20.8. The molecule has 9 nitrogen and oxygen atoms in total. The SMILES string of the molecule is COc1ccc(-c2ccnc3cc(C(=O)N4CCN(C(=O)c5ccccc5)C5(CC5)C4)nn23)cc1OC. The molecule has 0 N–H and O–H groups in total. The van der Waals surface area contributed by atoms with Crippen molar-refractivity contribution in [3.8, 4) is 22.8 Å². The summed E-state index contributed by atoms with van der Waals surface area (Å²) in [6, 6.07) is 18.5. The van der Waals surface area contributed by atoms with Crippen LogP contribution >= 0.6 is 0 Å². The molecular weight excluding hydrogens is 470 g/mol. The molecule has 188 valence electrons. The molecule has 2 amide bonds. The molecule has 2 fully saturated rings. The van der Waals surface area contributed by atoms with Crippen LogP contribution in [0.1, 0.15) is 33.7 Å². The van der Waals surface area contributed by atoms with Gasteiger partial charge in [0.1, 0.15) is 0 Å². The van der Waals surface area contributed by atoms with Crippen LogP contribution in [0, 0.1) is 0 Å². The van der Waals surface area contributed by atoms with Gasteiger partial charge in [0.05, 0.1) is 25.5 Å². The number of fused-ring (bicyclic) bond motifs is 1. The Morgan fingerprint density at radius 1 is 0.892 bits per heavy atom. The van der Waals surface area contributed by atoms with Gasteiger partial charge in [0, 0.05) is 43.0 Å². The fourth-order valence-electron chi connectivity index (χ4n) is 5.15. The van der Waals surface area contributed by atoms with Crippen molar-refractivity contribution in [1.82, 2.24) is 24.4 Å². The van der Waals surface area contributed by atoms with Crippen LogP contribution in [0.4, 0.5) is 0 Å². The van der Waals surface area contributed by atoms with Gasteiger partial charge in [-0.05, 0) is 49.2 Å². The van der Waals surface area contributed by atoms with Gasteiger partial charge in [-0.1, -0.05) is 18.2 Å². The van der Waals surface area contributed by atoms with E-state index < -0.39 is 0 Å². The Morgan fingerprint density at radius 3 is 2.41 bits per heavy atom. The lowest BCUT2D eigenvalue weighted by molar-refractivity contribution is 0.0330. The molecule has 1 saturated heterocycles. The second kappa shape index (κ2) is 8.92. The Hall–Kier alpha value is -4.40. The molecule has 3 heterocycles. The third-order valence-corrected chi connectivity index (χ3v) is 7.29. The fraction of sp³-hybridized carbons (Fsp3) is 0.286. The van der Waals surface area contributed by atoms with Crippen molar-refractivity contribution in [2.75, 3.05) is 33.9 Å². The highest BCUT2D eigenvalue weighted by atomic mass is 16.5. The van der Waals surface area contributed by atoms with Crippen LogP contribution in [-0.4, -0.2) is 75.6 Å². The molecule has 37 heavy (non-hydrogen) atoms. The summed E-state index contributed by atoms with van der Waals surface area (Å²) < 4.78 is 12.5. The van der Waals surface area contributed by atoms with Gasteiger partial charge in [0.2, 0.25) is 0 Å².